The number of carbonyl (C=O) groups is 1. The number of nitrogens with zero attached hydrogens (tertiary/aromatic N) is 3. The minimum atomic E-state index is -3.21. The van der Waals surface area contributed by atoms with Crippen LogP contribution in [-0.4, -0.2) is 52.9 Å². The minimum absolute atomic E-state index is 0.0606. The van der Waals surface area contributed by atoms with Crippen LogP contribution in [0.2, 0.25) is 5.15 Å². The summed E-state index contributed by atoms with van der Waals surface area (Å²) in [6.45, 7) is 0.998. The highest BCUT2D eigenvalue weighted by Gasteiger charge is 2.28. The number of rotatable bonds is 5. The van der Waals surface area contributed by atoms with Crippen LogP contribution in [0.3, 0.4) is 0 Å². The molecule has 0 spiro atoms. The van der Waals surface area contributed by atoms with Crippen molar-refractivity contribution >= 4 is 44.6 Å². The maximum atomic E-state index is 12.5. The second-order valence-electron chi connectivity index (χ2n) is 7.12. The number of hydrogen-bond donors (Lipinski definition) is 2. The van der Waals surface area contributed by atoms with Gasteiger partial charge < -0.3 is 10.3 Å². The predicted octanol–water partition coefficient (Wildman–Crippen LogP) is 3.58. The number of hydrogen-bond acceptors (Lipinski definition) is 6. The Hall–Kier alpha value is -2.27. The molecular formula is C19H20ClN5O3S2. The van der Waals surface area contributed by atoms with Crippen LogP contribution < -0.4 is 5.32 Å². The third kappa shape index (κ3) is 4.56. The van der Waals surface area contributed by atoms with Crippen molar-refractivity contribution < 1.29 is 13.2 Å². The average Bonchev–Trinajstić information content (AvgIpc) is 3.37. The number of anilines is 1. The van der Waals surface area contributed by atoms with Gasteiger partial charge in [0.15, 0.2) is 5.82 Å². The summed E-state index contributed by atoms with van der Waals surface area (Å²) >= 11 is 7.27. The molecule has 0 radical (unpaired) electrons. The molecule has 1 amide bonds. The Morgan fingerprint density at radius 1 is 1.37 bits per heavy atom. The maximum absolute atomic E-state index is 12.5. The fourth-order valence-electron chi connectivity index (χ4n) is 3.46. The number of aromatic nitrogens is 3. The number of aromatic amines is 1. The van der Waals surface area contributed by atoms with Gasteiger partial charge in [-0.05, 0) is 25.0 Å². The number of piperidine rings is 1. The number of imidazole rings is 1. The van der Waals surface area contributed by atoms with Crippen LogP contribution >= 0.6 is 22.9 Å². The van der Waals surface area contributed by atoms with Gasteiger partial charge in [0.05, 0.1) is 23.8 Å². The second kappa shape index (κ2) is 8.46. The van der Waals surface area contributed by atoms with E-state index in [1.165, 1.54) is 28.1 Å². The van der Waals surface area contributed by atoms with Gasteiger partial charge in [0.25, 0.3) is 5.91 Å². The van der Waals surface area contributed by atoms with Gasteiger partial charge in [-0.1, -0.05) is 23.7 Å². The van der Waals surface area contributed by atoms with E-state index in [1.807, 2.05) is 23.6 Å². The van der Waals surface area contributed by atoms with E-state index in [4.69, 9.17) is 16.6 Å². The zero-order chi connectivity index (χ0) is 21.3. The molecule has 4 rings (SSSR count). The number of sulfonamides is 1. The Balaban J connectivity index is 1.56. The van der Waals surface area contributed by atoms with E-state index in [0.29, 0.717) is 18.8 Å². The molecule has 0 unspecified atom stereocenters. The molecule has 1 fully saturated rings. The number of para-hydroxylation sites is 1. The van der Waals surface area contributed by atoms with Crippen molar-refractivity contribution in [3.8, 4) is 10.6 Å². The van der Waals surface area contributed by atoms with Gasteiger partial charge in [-0.3, -0.25) is 4.79 Å². The molecule has 2 aromatic heterocycles. The molecule has 3 aromatic rings. The predicted molar refractivity (Wildman–Crippen MR) is 117 cm³/mol. The first-order valence-electron chi connectivity index (χ1n) is 9.33. The number of thiazole rings is 1. The molecule has 11 heteroatoms. The Morgan fingerprint density at radius 3 is 2.90 bits per heavy atom. The van der Waals surface area contributed by atoms with Gasteiger partial charge in [-0.2, -0.15) is 0 Å². The lowest BCUT2D eigenvalue weighted by Gasteiger charge is -2.30. The van der Waals surface area contributed by atoms with Gasteiger partial charge in [0.2, 0.25) is 10.0 Å². The molecule has 0 saturated carbocycles. The molecule has 1 aliphatic heterocycles. The van der Waals surface area contributed by atoms with E-state index >= 15 is 0 Å². The average molecular weight is 466 g/mol. The summed E-state index contributed by atoms with van der Waals surface area (Å²) in [7, 11) is -3.21. The molecular weight excluding hydrogens is 446 g/mol. The summed E-state index contributed by atoms with van der Waals surface area (Å²) in [4.78, 5) is 23.9. The zero-order valence-electron chi connectivity index (χ0n) is 16.1. The van der Waals surface area contributed by atoms with E-state index in [0.717, 1.165) is 29.1 Å². The highest BCUT2D eigenvalue weighted by atomic mass is 35.5. The van der Waals surface area contributed by atoms with Gasteiger partial charge in [0.1, 0.15) is 10.2 Å². The third-order valence-electron chi connectivity index (χ3n) is 4.96. The van der Waals surface area contributed by atoms with Crippen molar-refractivity contribution in [3.05, 3.63) is 52.5 Å². The molecule has 3 heterocycles. The highest BCUT2D eigenvalue weighted by molar-refractivity contribution is 7.88. The molecule has 1 atom stereocenters. The minimum Gasteiger partial charge on any atom is -0.325 e. The summed E-state index contributed by atoms with van der Waals surface area (Å²) < 4.78 is 25.3. The fraction of sp³-hybridized carbons (Fsp3) is 0.316. The number of benzene rings is 1. The lowest BCUT2D eigenvalue weighted by molar-refractivity contribution is 0.101. The number of H-pyrrole nitrogens is 1. The fourth-order valence-corrected chi connectivity index (χ4v) is 5.45. The van der Waals surface area contributed by atoms with Crippen molar-refractivity contribution in [2.24, 2.45) is 0 Å². The number of amides is 1. The number of carbonyl (C=O) groups excluding carboxylic acids is 1. The molecule has 0 bridgehead atoms. The van der Waals surface area contributed by atoms with Crippen LogP contribution in [0, 0.1) is 0 Å². The Bertz CT molecular complexity index is 1170. The summed E-state index contributed by atoms with van der Waals surface area (Å²) in [6, 6.07) is 7.39. The normalized spacial score (nSPS) is 17.7. The third-order valence-corrected chi connectivity index (χ3v) is 7.31. The number of nitrogens with one attached hydrogen (secondary N) is 2. The first kappa shape index (κ1) is 21.0. The molecule has 158 valence electrons. The van der Waals surface area contributed by atoms with Crippen molar-refractivity contribution in [1.29, 1.82) is 0 Å². The Morgan fingerprint density at radius 2 is 2.17 bits per heavy atom. The topological polar surface area (TPSA) is 108 Å². The van der Waals surface area contributed by atoms with Crippen LogP contribution in [0.1, 0.15) is 35.1 Å². The standard InChI is InChI=1S/C19H20ClN5O3S2/c1-30(27,28)25-8-4-5-12(10-25)15-11-29-19(23-15)13-6-2-3-7-14(13)22-18(26)17-21-9-16(20)24-17/h2-3,6-7,9,11-12H,4-5,8,10H2,1H3,(H,21,24)(H,22,26)/t12-/m0/s1. The lowest BCUT2D eigenvalue weighted by atomic mass is 9.97. The molecule has 1 saturated heterocycles. The zero-order valence-corrected chi connectivity index (χ0v) is 18.5. The SMILES string of the molecule is CS(=O)(=O)N1CCC[C@H](c2csc(-c3ccccc3NC(=O)c3ncc(Cl)[nH]3)n2)C1. The first-order chi connectivity index (χ1) is 14.3. The molecule has 2 N–H and O–H groups in total. The largest absolute Gasteiger partial charge is 0.325 e. The summed E-state index contributed by atoms with van der Waals surface area (Å²) in [5.41, 5.74) is 2.27. The lowest BCUT2D eigenvalue weighted by Crippen LogP contribution is -2.38. The van der Waals surface area contributed by atoms with Crippen LogP contribution in [-0.2, 0) is 10.0 Å². The Kier molecular flexibility index (Phi) is 5.92. The van der Waals surface area contributed by atoms with E-state index in [1.54, 1.807) is 6.07 Å². The second-order valence-corrected chi connectivity index (χ2v) is 10.4. The molecule has 1 aromatic carbocycles. The van der Waals surface area contributed by atoms with Crippen LogP contribution in [0.15, 0.2) is 35.8 Å². The highest BCUT2D eigenvalue weighted by Crippen LogP contribution is 2.35. The van der Waals surface area contributed by atoms with E-state index in [2.05, 4.69) is 15.3 Å². The van der Waals surface area contributed by atoms with Gasteiger partial charge in [-0.25, -0.2) is 22.7 Å². The van der Waals surface area contributed by atoms with Crippen LogP contribution in [0.5, 0.6) is 0 Å². The van der Waals surface area contributed by atoms with Crippen molar-refractivity contribution in [1.82, 2.24) is 19.3 Å². The smallest absolute Gasteiger partial charge is 0.291 e. The van der Waals surface area contributed by atoms with E-state index < -0.39 is 15.9 Å². The molecule has 1 aliphatic rings. The number of halogens is 1. The summed E-state index contributed by atoms with van der Waals surface area (Å²) in [5, 5.41) is 5.86. The molecule has 30 heavy (non-hydrogen) atoms. The summed E-state index contributed by atoms with van der Waals surface area (Å²) in [6.07, 6.45) is 4.32. The van der Waals surface area contributed by atoms with Gasteiger partial charge >= 0.3 is 0 Å². The first-order valence-corrected chi connectivity index (χ1v) is 12.4. The monoisotopic (exact) mass is 465 g/mol. The Labute approximate surface area is 183 Å². The van der Waals surface area contributed by atoms with E-state index in [-0.39, 0.29) is 16.9 Å². The molecule has 0 aliphatic carbocycles. The summed E-state index contributed by atoms with van der Waals surface area (Å²) in [5.74, 6) is -0.217. The van der Waals surface area contributed by atoms with Crippen LogP contribution in [0.4, 0.5) is 5.69 Å². The quantitative estimate of drug-likeness (QED) is 0.598. The van der Waals surface area contributed by atoms with Crippen LogP contribution in [0.25, 0.3) is 10.6 Å². The van der Waals surface area contributed by atoms with Gasteiger partial charge in [0, 0.05) is 30.0 Å². The van der Waals surface area contributed by atoms with E-state index in [9.17, 15) is 13.2 Å². The van der Waals surface area contributed by atoms with Crippen molar-refractivity contribution in [3.63, 3.8) is 0 Å². The van der Waals surface area contributed by atoms with Gasteiger partial charge in [-0.15, -0.1) is 11.3 Å². The maximum Gasteiger partial charge on any atom is 0.291 e. The van der Waals surface area contributed by atoms with Crippen molar-refractivity contribution in [2.45, 2.75) is 18.8 Å². The van der Waals surface area contributed by atoms with Crippen molar-refractivity contribution in [2.75, 3.05) is 24.7 Å². The molecule has 8 nitrogen and oxygen atoms in total.